The summed E-state index contributed by atoms with van der Waals surface area (Å²) >= 11 is 0. The second kappa shape index (κ2) is 4.87. The topological polar surface area (TPSA) is 75.9 Å². The smallest absolute Gasteiger partial charge is 0.148 e. The van der Waals surface area contributed by atoms with E-state index in [-0.39, 0.29) is 5.54 Å². The molecule has 0 unspecified atom stereocenters. The van der Waals surface area contributed by atoms with Gasteiger partial charge in [0.1, 0.15) is 18.0 Å². The monoisotopic (exact) mass is 235 g/mol. The molecular formula is C12H21N5. The number of aromatic nitrogens is 2. The molecular weight excluding hydrogens is 214 g/mol. The fourth-order valence-corrected chi connectivity index (χ4v) is 2.55. The van der Waals surface area contributed by atoms with Crippen LogP contribution in [0.25, 0.3) is 0 Å². The van der Waals surface area contributed by atoms with Crippen molar-refractivity contribution in [1.29, 1.82) is 0 Å². The van der Waals surface area contributed by atoms with Crippen molar-refractivity contribution in [2.45, 2.75) is 51.5 Å². The predicted molar refractivity (Wildman–Crippen MR) is 69.7 cm³/mol. The lowest BCUT2D eigenvalue weighted by Crippen LogP contribution is -2.32. The van der Waals surface area contributed by atoms with E-state index in [1.165, 1.54) is 25.7 Å². The summed E-state index contributed by atoms with van der Waals surface area (Å²) in [5, 5.41) is 3.56. The first-order valence-electron chi connectivity index (χ1n) is 6.27. The van der Waals surface area contributed by atoms with Crippen LogP contribution < -0.4 is 16.6 Å². The zero-order valence-corrected chi connectivity index (χ0v) is 10.6. The van der Waals surface area contributed by atoms with Crippen LogP contribution in [0.2, 0.25) is 0 Å². The average Bonchev–Trinajstić information content (AvgIpc) is 2.75. The Kier molecular flexibility index (Phi) is 3.47. The summed E-state index contributed by atoms with van der Waals surface area (Å²) < 4.78 is 0. The maximum Gasteiger partial charge on any atom is 0.148 e. The molecule has 0 saturated heterocycles. The summed E-state index contributed by atoms with van der Waals surface area (Å²) in [6, 6.07) is 0. The van der Waals surface area contributed by atoms with Gasteiger partial charge in [0, 0.05) is 11.1 Å². The lowest BCUT2D eigenvalue weighted by atomic mass is 10.0. The molecule has 1 aliphatic carbocycles. The highest BCUT2D eigenvalue weighted by Gasteiger charge is 2.29. The number of hydrogen-bond acceptors (Lipinski definition) is 5. The van der Waals surface area contributed by atoms with Gasteiger partial charge in [0.2, 0.25) is 0 Å². The Bertz CT molecular complexity index is 384. The zero-order valence-electron chi connectivity index (χ0n) is 10.6. The molecule has 1 aromatic rings. The summed E-state index contributed by atoms with van der Waals surface area (Å²) in [6.07, 6.45) is 7.39. The number of anilines is 2. The number of nitrogen functional groups attached to an aromatic ring is 1. The average molecular weight is 235 g/mol. The molecule has 1 heterocycles. The van der Waals surface area contributed by atoms with Crippen LogP contribution >= 0.6 is 0 Å². The highest BCUT2D eigenvalue weighted by molar-refractivity contribution is 5.57. The van der Waals surface area contributed by atoms with Crippen LogP contribution in [-0.4, -0.2) is 15.5 Å². The van der Waals surface area contributed by atoms with E-state index in [0.29, 0.717) is 5.82 Å². The van der Waals surface area contributed by atoms with Crippen molar-refractivity contribution in [3.8, 4) is 0 Å². The van der Waals surface area contributed by atoms with Crippen molar-refractivity contribution in [3.05, 3.63) is 11.9 Å². The molecule has 0 aliphatic heterocycles. The third kappa shape index (κ3) is 2.49. The molecule has 0 bridgehead atoms. The van der Waals surface area contributed by atoms with Gasteiger partial charge < -0.3 is 10.7 Å². The lowest BCUT2D eigenvalue weighted by Gasteiger charge is -2.27. The van der Waals surface area contributed by atoms with Gasteiger partial charge in [-0.05, 0) is 26.2 Å². The summed E-state index contributed by atoms with van der Waals surface area (Å²) in [7, 11) is 0. The van der Waals surface area contributed by atoms with Crippen molar-refractivity contribution < 1.29 is 0 Å². The number of hydrazine groups is 1. The Morgan fingerprint density at radius 1 is 1.29 bits per heavy atom. The standard InChI is InChI=1S/C12H21N5/c1-3-9-10(14-8-15-11(9)17-13)16-12(2)6-4-5-7-12/h8H,3-7,13H2,1-2H3,(H2,14,15,16,17). The van der Waals surface area contributed by atoms with Crippen LogP contribution in [0.3, 0.4) is 0 Å². The maximum atomic E-state index is 5.47. The molecule has 94 valence electrons. The fourth-order valence-electron chi connectivity index (χ4n) is 2.55. The van der Waals surface area contributed by atoms with Crippen molar-refractivity contribution in [1.82, 2.24) is 9.97 Å². The zero-order chi connectivity index (χ0) is 12.3. The van der Waals surface area contributed by atoms with Gasteiger partial charge in [-0.1, -0.05) is 19.8 Å². The molecule has 1 aromatic heterocycles. The summed E-state index contributed by atoms with van der Waals surface area (Å²) in [6.45, 7) is 4.35. The van der Waals surface area contributed by atoms with Gasteiger partial charge in [0.25, 0.3) is 0 Å². The van der Waals surface area contributed by atoms with Crippen molar-refractivity contribution in [2.75, 3.05) is 10.7 Å². The molecule has 1 fully saturated rings. The molecule has 1 saturated carbocycles. The summed E-state index contributed by atoms with van der Waals surface area (Å²) in [5.41, 5.74) is 3.86. The molecule has 5 nitrogen and oxygen atoms in total. The van der Waals surface area contributed by atoms with E-state index in [1.54, 1.807) is 6.33 Å². The summed E-state index contributed by atoms with van der Waals surface area (Å²) in [5.74, 6) is 7.10. The third-order valence-corrected chi connectivity index (χ3v) is 3.56. The van der Waals surface area contributed by atoms with E-state index >= 15 is 0 Å². The number of hydrogen-bond donors (Lipinski definition) is 3. The van der Waals surface area contributed by atoms with Crippen LogP contribution in [0, 0.1) is 0 Å². The van der Waals surface area contributed by atoms with Gasteiger partial charge in [0.15, 0.2) is 0 Å². The first-order chi connectivity index (χ1) is 8.18. The van der Waals surface area contributed by atoms with E-state index in [2.05, 4.69) is 34.6 Å². The van der Waals surface area contributed by atoms with Gasteiger partial charge in [-0.3, -0.25) is 0 Å². The quantitative estimate of drug-likeness (QED) is 0.550. The SMILES string of the molecule is CCc1c(NN)ncnc1NC1(C)CCCC1. The van der Waals surface area contributed by atoms with Crippen LogP contribution in [0.5, 0.6) is 0 Å². The lowest BCUT2D eigenvalue weighted by molar-refractivity contribution is 0.530. The molecule has 4 N–H and O–H groups in total. The number of rotatable bonds is 4. The largest absolute Gasteiger partial charge is 0.365 e. The second-order valence-corrected chi connectivity index (χ2v) is 4.94. The highest BCUT2D eigenvalue weighted by Crippen LogP contribution is 2.33. The molecule has 0 aromatic carbocycles. The third-order valence-electron chi connectivity index (χ3n) is 3.56. The van der Waals surface area contributed by atoms with Crippen molar-refractivity contribution in [2.24, 2.45) is 5.84 Å². The predicted octanol–water partition coefficient (Wildman–Crippen LogP) is 2.07. The minimum atomic E-state index is 0.171. The Hall–Kier alpha value is -1.36. The molecule has 0 radical (unpaired) electrons. The first kappa shape index (κ1) is 12.1. The van der Waals surface area contributed by atoms with Gasteiger partial charge in [0.05, 0.1) is 0 Å². The van der Waals surface area contributed by atoms with Gasteiger partial charge >= 0.3 is 0 Å². The van der Waals surface area contributed by atoms with Crippen molar-refractivity contribution >= 4 is 11.6 Å². The Morgan fingerprint density at radius 2 is 1.94 bits per heavy atom. The Labute approximate surface area is 102 Å². The number of nitrogens with zero attached hydrogens (tertiary/aromatic N) is 2. The normalized spacial score (nSPS) is 18.1. The minimum absolute atomic E-state index is 0.171. The molecule has 1 aliphatic rings. The van der Waals surface area contributed by atoms with Crippen LogP contribution in [-0.2, 0) is 6.42 Å². The fraction of sp³-hybridized carbons (Fsp3) is 0.667. The van der Waals surface area contributed by atoms with E-state index in [1.807, 2.05) is 0 Å². The minimum Gasteiger partial charge on any atom is -0.365 e. The first-order valence-corrected chi connectivity index (χ1v) is 6.27. The van der Waals surface area contributed by atoms with Crippen LogP contribution in [0.15, 0.2) is 6.33 Å². The maximum absolute atomic E-state index is 5.47. The molecule has 0 amide bonds. The Balaban J connectivity index is 2.25. The van der Waals surface area contributed by atoms with Gasteiger partial charge in [-0.2, -0.15) is 0 Å². The molecule has 0 atom stereocenters. The van der Waals surface area contributed by atoms with Crippen LogP contribution in [0.4, 0.5) is 11.6 Å². The van der Waals surface area contributed by atoms with E-state index in [0.717, 1.165) is 17.8 Å². The molecule has 2 rings (SSSR count). The molecule has 17 heavy (non-hydrogen) atoms. The van der Waals surface area contributed by atoms with E-state index < -0.39 is 0 Å². The number of nitrogens with two attached hydrogens (primary N) is 1. The Morgan fingerprint density at radius 3 is 2.53 bits per heavy atom. The van der Waals surface area contributed by atoms with Crippen LogP contribution in [0.1, 0.15) is 45.1 Å². The summed E-state index contributed by atoms with van der Waals surface area (Å²) in [4.78, 5) is 8.49. The molecule has 5 heteroatoms. The highest BCUT2D eigenvalue weighted by atomic mass is 15.3. The van der Waals surface area contributed by atoms with Gasteiger partial charge in [-0.15, -0.1) is 0 Å². The molecule has 0 spiro atoms. The number of nitrogens with one attached hydrogen (secondary N) is 2. The van der Waals surface area contributed by atoms with Gasteiger partial charge in [-0.25, -0.2) is 15.8 Å². The van der Waals surface area contributed by atoms with E-state index in [4.69, 9.17) is 5.84 Å². The second-order valence-electron chi connectivity index (χ2n) is 4.94. The van der Waals surface area contributed by atoms with Crippen molar-refractivity contribution in [3.63, 3.8) is 0 Å². The van der Waals surface area contributed by atoms with E-state index in [9.17, 15) is 0 Å².